The van der Waals surface area contributed by atoms with Gasteiger partial charge in [0.25, 0.3) is 17.7 Å². The van der Waals surface area contributed by atoms with E-state index in [1.54, 1.807) is 30.3 Å². The molecule has 2 aromatic carbocycles. The molecule has 36 heavy (non-hydrogen) atoms. The van der Waals surface area contributed by atoms with Gasteiger partial charge in [0.1, 0.15) is 11.5 Å². The number of carbonyl (C=O) groups excluding carboxylic acids is 4. The van der Waals surface area contributed by atoms with Crippen LogP contribution >= 0.6 is 0 Å². The lowest BCUT2D eigenvalue weighted by atomic mass is 10.1. The molecule has 0 atom stereocenters. The maximum atomic E-state index is 13.3. The number of benzene rings is 2. The fourth-order valence-electron chi connectivity index (χ4n) is 3.62. The third-order valence-corrected chi connectivity index (χ3v) is 5.44. The molecule has 1 heterocycles. The van der Waals surface area contributed by atoms with Crippen LogP contribution < -0.4 is 14.5 Å². The minimum absolute atomic E-state index is 0.128. The fraction of sp³-hybridized carbons (Fsp3) is 0.0345. The normalized spacial score (nSPS) is 13.4. The molecule has 1 aliphatic rings. The molecule has 0 aliphatic carbocycles. The summed E-state index contributed by atoms with van der Waals surface area (Å²) < 4.78 is 5.66. The van der Waals surface area contributed by atoms with Crippen molar-refractivity contribution in [1.29, 1.82) is 0 Å². The van der Waals surface area contributed by atoms with Crippen molar-refractivity contribution in [3.8, 4) is 5.75 Å². The molecule has 180 valence electrons. The summed E-state index contributed by atoms with van der Waals surface area (Å²) in [7, 11) is 1.53. The summed E-state index contributed by atoms with van der Waals surface area (Å²) in [5, 5.41) is 0. The zero-order chi connectivity index (χ0) is 26.4. The third kappa shape index (κ3) is 4.76. The van der Waals surface area contributed by atoms with Crippen LogP contribution in [-0.4, -0.2) is 31.1 Å². The number of imide groups is 1. The zero-order valence-corrected chi connectivity index (χ0v) is 19.8. The van der Waals surface area contributed by atoms with E-state index < -0.39 is 17.7 Å². The first kappa shape index (κ1) is 25.6. The summed E-state index contributed by atoms with van der Waals surface area (Å²) in [6.07, 6.45) is 7.83. The average molecular weight is 481 g/mol. The molecule has 1 aliphatic heterocycles. The maximum Gasteiger partial charge on any atom is 0.266 e. The van der Waals surface area contributed by atoms with E-state index in [-0.39, 0.29) is 28.0 Å². The molecule has 2 aromatic rings. The number of ether oxygens (including phenoxy) is 1. The molecule has 3 rings (SSSR count). The molecule has 0 N–H and O–H groups in total. The van der Waals surface area contributed by atoms with E-state index in [1.807, 2.05) is 0 Å². The highest BCUT2D eigenvalue weighted by molar-refractivity contribution is 6.34. The van der Waals surface area contributed by atoms with Crippen molar-refractivity contribution in [2.45, 2.75) is 0 Å². The van der Waals surface area contributed by atoms with Gasteiger partial charge in [0.2, 0.25) is 0 Å². The van der Waals surface area contributed by atoms with Crippen molar-refractivity contribution in [2.24, 2.45) is 0 Å². The van der Waals surface area contributed by atoms with Crippen molar-refractivity contribution < 1.29 is 23.9 Å². The Morgan fingerprint density at radius 2 is 1.64 bits per heavy atom. The van der Waals surface area contributed by atoms with Crippen LogP contribution in [0, 0.1) is 0 Å². The molecule has 0 saturated heterocycles. The third-order valence-electron chi connectivity index (χ3n) is 5.44. The standard InChI is InChI=1S/C29H24N2O5/c1-6-11-22(7-2)36-23-14-15-26(19(16-23)18-32)27(33)30(5)20-12-10-13-21(17-20)31-28(34)24(8-3)25(9-4)29(31)35/h6-18H,1-4H2,5H3/b22-11+. The number of anilines is 2. The molecule has 7 heteroatoms. The first-order chi connectivity index (χ1) is 17.3. The van der Waals surface area contributed by atoms with Crippen LogP contribution in [0.2, 0.25) is 0 Å². The number of hydrogen-bond donors (Lipinski definition) is 0. The number of rotatable bonds is 10. The van der Waals surface area contributed by atoms with E-state index in [9.17, 15) is 19.2 Å². The second-order valence-corrected chi connectivity index (χ2v) is 7.54. The molecule has 0 bridgehead atoms. The molecular weight excluding hydrogens is 456 g/mol. The van der Waals surface area contributed by atoms with Gasteiger partial charge in [-0.1, -0.05) is 50.6 Å². The van der Waals surface area contributed by atoms with Crippen LogP contribution in [0.4, 0.5) is 11.4 Å². The van der Waals surface area contributed by atoms with Gasteiger partial charge in [0, 0.05) is 18.3 Å². The van der Waals surface area contributed by atoms with Gasteiger partial charge in [-0.05, 0) is 48.6 Å². The Morgan fingerprint density at radius 3 is 2.19 bits per heavy atom. The lowest BCUT2D eigenvalue weighted by Gasteiger charge is -2.21. The van der Waals surface area contributed by atoms with Gasteiger partial charge in [0.05, 0.1) is 22.4 Å². The van der Waals surface area contributed by atoms with Gasteiger partial charge in [0.15, 0.2) is 6.29 Å². The zero-order valence-electron chi connectivity index (χ0n) is 19.8. The molecule has 0 aromatic heterocycles. The van der Waals surface area contributed by atoms with Crippen molar-refractivity contribution in [3.63, 3.8) is 0 Å². The van der Waals surface area contributed by atoms with Crippen LogP contribution in [0.25, 0.3) is 0 Å². The van der Waals surface area contributed by atoms with E-state index in [1.165, 1.54) is 54.5 Å². The first-order valence-electron chi connectivity index (χ1n) is 10.8. The molecule has 7 nitrogen and oxygen atoms in total. The first-order valence-corrected chi connectivity index (χ1v) is 10.8. The lowest BCUT2D eigenvalue weighted by Crippen LogP contribution is -2.32. The predicted molar refractivity (Wildman–Crippen MR) is 140 cm³/mol. The van der Waals surface area contributed by atoms with Gasteiger partial charge in [-0.15, -0.1) is 0 Å². The van der Waals surface area contributed by atoms with E-state index in [0.29, 0.717) is 23.5 Å². The second kappa shape index (κ2) is 10.9. The largest absolute Gasteiger partial charge is 0.457 e. The van der Waals surface area contributed by atoms with Crippen LogP contribution in [0.3, 0.4) is 0 Å². The predicted octanol–water partition coefficient (Wildman–Crippen LogP) is 4.95. The maximum absolute atomic E-state index is 13.3. The summed E-state index contributed by atoms with van der Waals surface area (Å²) in [4.78, 5) is 52.9. The average Bonchev–Trinajstić information content (AvgIpc) is 3.15. The van der Waals surface area contributed by atoms with Crippen LogP contribution in [0.5, 0.6) is 5.75 Å². The minimum atomic E-state index is -0.528. The Morgan fingerprint density at radius 1 is 0.972 bits per heavy atom. The smallest absolute Gasteiger partial charge is 0.266 e. The monoisotopic (exact) mass is 480 g/mol. The highest BCUT2D eigenvalue weighted by Gasteiger charge is 2.36. The lowest BCUT2D eigenvalue weighted by molar-refractivity contribution is -0.120. The van der Waals surface area contributed by atoms with Crippen LogP contribution in [0.15, 0.2) is 116 Å². The summed E-state index contributed by atoms with van der Waals surface area (Å²) in [5.74, 6) is -0.754. The van der Waals surface area contributed by atoms with Crippen LogP contribution in [-0.2, 0) is 9.59 Å². The summed E-state index contributed by atoms with van der Waals surface area (Å²) in [5.41, 5.74) is 1.28. The summed E-state index contributed by atoms with van der Waals surface area (Å²) in [6, 6.07) is 10.9. The molecular formula is C29H24N2O5. The van der Waals surface area contributed by atoms with Crippen molar-refractivity contribution in [3.05, 3.63) is 127 Å². The Bertz CT molecular complexity index is 1350. The quantitative estimate of drug-likeness (QED) is 0.208. The Hall–Kier alpha value is -5.04. The van der Waals surface area contributed by atoms with E-state index in [0.717, 1.165) is 4.90 Å². The van der Waals surface area contributed by atoms with Gasteiger partial charge in [-0.25, -0.2) is 4.90 Å². The topological polar surface area (TPSA) is 84.0 Å². The number of carbonyl (C=O) groups is 4. The van der Waals surface area contributed by atoms with Gasteiger partial charge in [-0.2, -0.15) is 0 Å². The summed E-state index contributed by atoms with van der Waals surface area (Å²) in [6.45, 7) is 14.5. The van der Waals surface area contributed by atoms with E-state index in [2.05, 4.69) is 26.3 Å². The SMILES string of the molecule is C=C/C=C(\C=C)Oc1ccc(C(=O)N(C)c2cccc(N3C(=O)C(C=C)=C(C=C)C3=O)c2)c(C=O)c1. The molecule has 0 spiro atoms. The number of hydrogen-bond acceptors (Lipinski definition) is 5. The molecule has 0 radical (unpaired) electrons. The minimum Gasteiger partial charge on any atom is -0.457 e. The highest BCUT2D eigenvalue weighted by atomic mass is 16.5. The highest BCUT2D eigenvalue weighted by Crippen LogP contribution is 2.31. The van der Waals surface area contributed by atoms with Gasteiger partial charge < -0.3 is 9.64 Å². The summed E-state index contributed by atoms with van der Waals surface area (Å²) >= 11 is 0. The molecule has 0 unspecified atom stereocenters. The fourth-order valence-corrected chi connectivity index (χ4v) is 3.62. The number of allylic oxidation sites excluding steroid dienone is 3. The van der Waals surface area contributed by atoms with Crippen molar-refractivity contribution in [1.82, 2.24) is 0 Å². The Balaban J connectivity index is 1.91. The van der Waals surface area contributed by atoms with Gasteiger partial charge >= 0.3 is 0 Å². The second-order valence-electron chi connectivity index (χ2n) is 7.54. The Kier molecular flexibility index (Phi) is 7.76. The molecule has 0 fully saturated rings. The van der Waals surface area contributed by atoms with Gasteiger partial charge in [-0.3, -0.25) is 19.2 Å². The molecule has 3 amide bonds. The van der Waals surface area contributed by atoms with E-state index >= 15 is 0 Å². The van der Waals surface area contributed by atoms with Crippen molar-refractivity contribution in [2.75, 3.05) is 16.8 Å². The van der Waals surface area contributed by atoms with Crippen molar-refractivity contribution >= 4 is 35.4 Å². The number of nitrogens with zero attached hydrogens (tertiary/aromatic N) is 2. The molecule has 0 saturated carbocycles. The number of aldehydes is 1. The Labute approximate surface area is 209 Å². The van der Waals surface area contributed by atoms with E-state index in [4.69, 9.17) is 4.74 Å². The number of amides is 3. The van der Waals surface area contributed by atoms with Crippen LogP contribution in [0.1, 0.15) is 20.7 Å².